The average molecular weight is 215 g/mol. The summed E-state index contributed by atoms with van der Waals surface area (Å²) in [4.78, 5) is 0. The van der Waals surface area contributed by atoms with E-state index in [2.05, 4.69) is 13.2 Å². The Bertz CT molecular complexity index is 141. The number of nitrogens with two attached hydrogens (primary N) is 1. The van der Waals surface area contributed by atoms with E-state index in [0.29, 0.717) is 6.04 Å². The monoisotopic (exact) mass is 215 g/mol. The highest BCUT2D eigenvalue weighted by molar-refractivity contribution is 7.98. The van der Waals surface area contributed by atoms with Gasteiger partial charge in [0.15, 0.2) is 0 Å². The lowest BCUT2D eigenvalue weighted by molar-refractivity contribution is 0.236. The van der Waals surface area contributed by atoms with Crippen molar-refractivity contribution in [3.63, 3.8) is 0 Å². The molecule has 0 radical (unpaired) electrons. The predicted octanol–water partition coefficient (Wildman–Crippen LogP) is 3.28. The molecule has 0 aromatic carbocycles. The zero-order valence-electron chi connectivity index (χ0n) is 9.67. The van der Waals surface area contributed by atoms with Crippen LogP contribution in [0.1, 0.15) is 45.4 Å². The van der Waals surface area contributed by atoms with Crippen molar-refractivity contribution >= 4 is 11.8 Å². The Morgan fingerprint density at radius 1 is 1.29 bits per heavy atom. The summed E-state index contributed by atoms with van der Waals surface area (Å²) in [7, 11) is 0. The van der Waals surface area contributed by atoms with Gasteiger partial charge in [-0.15, -0.1) is 0 Å². The molecule has 0 saturated heterocycles. The summed E-state index contributed by atoms with van der Waals surface area (Å²) in [6, 6.07) is 0.472. The third kappa shape index (κ3) is 3.82. The van der Waals surface area contributed by atoms with Crippen LogP contribution in [0, 0.1) is 11.8 Å². The van der Waals surface area contributed by atoms with Gasteiger partial charge >= 0.3 is 0 Å². The molecule has 0 amide bonds. The highest BCUT2D eigenvalue weighted by atomic mass is 32.2. The van der Waals surface area contributed by atoms with E-state index in [0.717, 1.165) is 11.8 Å². The Hall–Kier alpha value is 0.310. The first-order valence-corrected chi connectivity index (χ1v) is 7.41. The zero-order chi connectivity index (χ0) is 10.4. The molecule has 1 aliphatic rings. The van der Waals surface area contributed by atoms with E-state index < -0.39 is 0 Å². The van der Waals surface area contributed by atoms with Crippen LogP contribution in [0.25, 0.3) is 0 Å². The van der Waals surface area contributed by atoms with Gasteiger partial charge in [-0.1, -0.05) is 26.2 Å². The number of hydrogen-bond acceptors (Lipinski definition) is 2. The van der Waals surface area contributed by atoms with Crippen LogP contribution in [0.2, 0.25) is 0 Å². The van der Waals surface area contributed by atoms with Crippen molar-refractivity contribution < 1.29 is 0 Å². The molecule has 0 aromatic rings. The summed E-state index contributed by atoms with van der Waals surface area (Å²) in [5, 5.41) is 0. The van der Waals surface area contributed by atoms with Crippen LogP contribution in [-0.4, -0.2) is 18.1 Å². The van der Waals surface area contributed by atoms with E-state index in [4.69, 9.17) is 5.73 Å². The lowest BCUT2D eigenvalue weighted by Crippen LogP contribution is -2.33. The summed E-state index contributed by atoms with van der Waals surface area (Å²) < 4.78 is 0. The van der Waals surface area contributed by atoms with Gasteiger partial charge in [-0.2, -0.15) is 11.8 Å². The molecule has 1 aliphatic carbocycles. The third-order valence-electron chi connectivity index (χ3n) is 3.73. The van der Waals surface area contributed by atoms with E-state index in [1.807, 2.05) is 11.8 Å². The second-order valence-electron chi connectivity index (χ2n) is 4.63. The van der Waals surface area contributed by atoms with Gasteiger partial charge in [0, 0.05) is 6.04 Å². The maximum absolute atomic E-state index is 6.21. The molecule has 0 heterocycles. The minimum Gasteiger partial charge on any atom is -0.327 e. The van der Waals surface area contributed by atoms with E-state index in [9.17, 15) is 0 Å². The standard InChI is InChI=1S/C12H25NS/c1-3-10-4-6-11(7-5-10)12(13)8-9-14-2/h10-12H,3-9,13H2,1-2H3. The first-order valence-electron chi connectivity index (χ1n) is 6.02. The van der Waals surface area contributed by atoms with Gasteiger partial charge in [0.2, 0.25) is 0 Å². The molecule has 1 unspecified atom stereocenters. The molecule has 2 N–H and O–H groups in total. The molecular formula is C12H25NS. The number of thioether (sulfide) groups is 1. The van der Waals surface area contributed by atoms with Gasteiger partial charge in [0.25, 0.3) is 0 Å². The first-order chi connectivity index (χ1) is 6.77. The maximum atomic E-state index is 6.21. The van der Waals surface area contributed by atoms with Crippen molar-refractivity contribution in [3.05, 3.63) is 0 Å². The smallest absolute Gasteiger partial charge is 0.00750 e. The van der Waals surface area contributed by atoms with Crippen LogP contribution in [0.3, 0.4) is 0 Å². The summed E-state index contributed by atoms with van der Waals surface area (Å²) in [5.41, 5.74) is 6.21. The fraction of sp³-hybridized carbons (Fsp3) is 1.00. The highest BCUT2D eigenvalue weighted by Gasteiger charge is 2.24. The van der Waals surface area contributed by atoms with Crippen LogP contribution in [0.5, 0.6) is 0 Å². The molecule has 14 heavy (non-hydrogen) atoms. The highest BCUT2D eigenvalue weighted by Crippen LogP contribution is 2.32. The molecule has 0 aliphatic heterocycles. The summed E-state index contributed by atoms with van der Waals surface area (Å²) >= 11 is 1.92. The third-order valence-corrected chi connectivity index (χ3v) is 4.37. The van der Waals surface area contributed by atoms with Gasteiger partial charge in [-0.3, -0.25) is 0 Å². The Balaban J connectivity index is 2.19. The van der Waals surface area contributed by atoms with Crippen molar-refractivity contribution in [2.45, 2.75) is 51.5 Å². The quantitative estimate of drug-likeness (QED) is 0.761. The normalized spacial score (nSPS) is 30.2. The van der Waals surface area contributed by atoms with Gasteiger partial charge in [-0.25, -0.2) is 0 Å². The molecular weight excluding hydrogens is 190 g/mol. The number of hydrogen-bond donors (Lipinski definition) is 1. The van der Waals surface area contributed by atoms with Crippen molar-refractivity contribution in [1.29, 1.82) is 0 Å². The Kier molecular flexibility index (Phi) is 5.95. The van der Waals surface area contributed by atoms with Crippen LogP contribution < -0.4 is 5.73 Å². The molecule has 0 aromatic heterocycles. The maximum Gasteiger partial charge on any atom is 0.00750 e. The molecule has 1 saturated carbocycles. The van der Waals surface area contributed by atoms with Crippen molar-refractivity contribution in [2.75, 3.05) is 12.0 Å². The van der Waals surface area contributed by atoms with Crippen molar-refractivity contribution in [2.24, 2.45) is 17.6 Å². The van der Waals surface area contributed by atoms with Gasteiger partial charge in [-0.05, 0) is 43.1 Å². The molecule has 1 rings (SSSR count). The van der Waals surface area contributed by atoms with Crippen LogP contribution in [-0.2, 0) is 0 Å². The molecule has 84 valence electrons. The minimum atomic E-state index is 0.472. The van der Waals surface area contributed by atoms with Crippen LogP contribution in [0.15, 0.2) is 0 Å². The van der Waals surface area contributed by atoms with E-state index >= 15 is 0 Å². The number of rotatable bonds is 5. The zero-order valence-corrected chi connectivity index (χ0v) is 10.5. The van der Waals surface area contributed by atoms with Crippen molar-refractivity contribution in [3.8, 4) is 0 Å². The molecule has 1 nitrogen and oxygen atoms in total. The second kappa shape index (κ2) is 6.73. The second-order valence-corrected chi connectivity index (χ2v) is 5.62. The van der Waals surface area contributed by atoms with E-state index in [1.54, 1.807) is 0 Å². The molecule has 0 bridgehead atoms. The van der Waals surface area contributed by atoms with Crippen molar-refractivity contribution in [1.82, 2.24) is 0 Å². The topological polar surface area (TPSA) is 26.0 Å². The predicted molar refractivity (Wildman–Crippen MR) is 66.7 cm³/mol. The summed E-state index contributed by atoms with van der Waals surface area (Å²) in [5.74, 6) is 3.05. The lowest BCUT2D eigenvalue weighted by Gasteiger charge is -2.31. The summed E-state index contributed by atoms with van der Waals surface area (Å²) in [6.07, 6.45) is 10.4. The molecule has 0 spiro atoms. The van der Waals surface area contributed by atoms with Gasteiger partial charge < -0.3 is 5.73 Å². The van der Waals surface area contributed by atoms with Crippen LogP contribution >= 0.6 is 11.8 Å². The molecule has 1 atom stereocenters. The van der Waals surface area contributed by atoms with Crippen LogP contribution in [0.4, 0.5) is 0 Å². The van der Waals surface area contributed by atoms with E-state index in [1.165, 1.54) is 44.3 Å². The Morgan fingerprint density at radius 3 is 2.43 bits per heavy atom. The lowest BCUT2D eigenvalue weighted by atomic mass is 9.77. The fourth-order valence-electron chi connectivity index (χ4n) is 2.51. The molecule has 1 fully saturated rings. The average Bonchev–Trinajstić information content (AvgIpc) is 2.26. The Morgan fingerprint density at radius 2 is 1.93 bits per heavy atom. The molecule has 2 heteroatoms. The SMILES string of the molecule is CCC1CCC(C(N)CCSC)CC1. The largest absolute Gasteiger partial charge is 0.327 e. The van der Waals surface area contributed by atoms with Gasteiger partial charge in [0.1, 0.15) is 0 Å². The fourth-order valence-corrected chi connectivity index (χ4v) is 3.02. The first kappa shape index (κ1) is 12.4. The Labute approximate surface area is 93.2 Å². The van der Waals surface area contributed by atoms with E-state index in [-0.39, 0.29) is 0 Å². The minimum absolute atomic E-state index is 0.472. The van der Waals surface area contributed by atoms with Gasteiger partial charge in [0.05, 0.1) is 0 Å². The summed E-state index contributed by atoms with van der Waals surface area (Å²) in [6.45, 7) is 2.32.